The van der Waals surface area contributed by atoms with Crippen molar-refractivity contribution in [3.05, 3.63) is 89.2 Å². The number of carbonyl (C=O) groups is 2. The Labute approximate surface area is 185 Å². The van der Waals surface area contributed by atoms with Crippen molar-refractivity contribution in [2.75, 3.05) is 16.6 Å². The van der Waals surface area contributed by atoms with Gasteiger partial charge in [0.05, 0.1) is 16.1 Å². The number of benzene rings is 3. The molecule has 0 heterocycles. The van der Waals surface area contributed by atoms with Gasteiger partial charge in [-0.3, -0.25) is 9.52 Å². The predicted molar refractivity (Wildman–Crippen MR) is 118 cm³/mol. The Bertz CT molecular complexity index is 1270. The van der Waals surface area contributed by atoms with Gasteiger partial charge in [0.25, 0.3) is 15.9 Å². The number of amides is 1. The van der Waals surface area contributed by atoms with Gasteiger partial charge >= 0.3 is 5.97 Å². The molecule has 9 heteroatoms. The molecule has 0 atom stereocenters. The fourth-order valence-corrected chi connectivity index (χ4v) is 4.33. The standard InChI is InChI=1S/C23H21FN2O5S/c1-15-10-11-16(2)21(12-15)32(29,30)26-20-9-4-3-8-19(20)23(28)31-14-22(27)25-18-7-5-6-17(24)13-18/h3-13,26H,14H2,1-2H3,(H,25,27). The number of anilines is 2. The number of nitrogens with one attached hydrogen (secondary N) is 2. The number of ether oxygens (including phenoxy) is 1. The van der Waals surface area contributed by atoms with Crippen LogP contribution in [0.2, 0.25) is 0 Å². The van der Waals surface area contributed by atoms with Gasteiger partial charge in [-0.15, -0.1) is 0 Å². The molecule has 0 aliphatic carbocycles. The molecule has 0 fully saturated rings. The molecule has 1 amide bonds. The first kappa shape index (κ1) is 23.0. The van der Waals surface area contributed by atoms with Crippen LogP contribution in [0, 0.1) is 19.7 Å². The van der Waals surface area contributed by atoms with Crippen molar-refractivity contribution in [2.24, 2.45) is 0 Å². The first-order chi connectivity index (χ1) is 15.2. The van der Waals surface area contributed by atoms with Crippen LogP contribution in [-0.2, 0) is 19.6 Å². The molecule has 3 aromatic rings. The van der Waals surface area contributed by atoms with Gasteiger partial charge in [0.15, 0.2) is 6.61 Å². The molecule has 0 aliphatic heterocycles. The molecule has 0 saturated carbocycles. The van der Waals surface area contributed by atoms with Crippen molar-refractivity contribution in [1.29, 1.82) is 0 Å². The number of rotatable bonds is 7. The summed E-state index contributed by atoms with van der Waals surface area (Å²) in [5, 5.41) is 2.41. The molecule has 7 nitrogen and oxygen atoms in total. The number of hydrogen-bond donors (Lipinski definition) is 2. The third-order valence-electron chi connectivity index (χ3n) is 4.47. The molecule has 2 N–H and O–H groups in total. The van der Waals surface area contributed by atoms with Crippen molar-refractivity contribution in [3.63, 3.8) is 0 Å². The largest absolute Gasteiger partial charge is 0.452 e. The topological polar surface area (TPSA) is 102 Å². The maximum Gasteiger partial charge on any atom is 0.340 e. The Morgan fingerprint density at radius 2 is 1.72 bits per heavy atom. The van der Waals surface area contributed by atoms with E-state index in [9.17, 15) is 22.4 Å². The van der Waals surface area contributed by atoms with Crippen LogP contribution >= 0.6 is 0 Å². The Kier molecular flexibility index (Phi) is 6.89. The second-order valence-electron chi connectivity index (χ2n) is 7.05. The van der Waals surface area contributed by atoms with Gasteiger partial charge in [-0.2, -0.15) is 0 Å². The highest BCUT2D eigenvalue weighted by molar-refractivity contribution is 7.92. The zero-order valence-electron chi connectivity index (χ0n) is 17.4. The predicted octanol–water partition coefficient (Wildman–Crippen LogP) is 4.04. The number of sulfonamides is 1. The summed E-state index contributed by atoms with van der Waals surface area (Å²) < 4.78 is 46.4. The second kappa shape index (κ2) is 9.61. The zero-order chi connectivity index (χ0) is 23.3. The molecule has 166 valence electrons. The van der Waals surface area contributed by atoms with Crippen LogP contribution in [0.5, 0.6) is 0 Å². The highest BCUT2D eigenvalue weighted by Gasteiger charge is 2.21. The van der Waals surface area contributed by atoms with Gasteiger partial charge in [0, 0.05) is 5.69 Å². The fraction of sp³-hybridized carbons (Fsp3) is 0.130. The number of esters is 1. The molecule has 0 saturated heterocycles. The van der Waals surface area contributed by atoms with Gasteiger partial charge < -0.3 is 10.1 Å². The zero-order valence-corrected chi connectivity index (χ0v) is 18.2. The lowest BCUT2D eigenvalue weighted by Crippen LogP contribution is -2.22. The molecular formula is C23H21FN2O5S. The van der Waals surface area contributed by atoms with Crippen molar-refractivity contribution in [1.82, 2.24) is 0 Å². The monoisotopic (exact) mass is 456 g/mol. The van der Waals surface area contributed by atoms with Crippen molar-refractivity contribution >= 4 is 33.3 Å². The third kappa shape index (κ3) is 5.70. The van der Waals surface area contributed by atoms with E-state index in [0.29, 0.717) is 5.56 Å². The summed E-state index contributed by atoms with van der Waals surface area (Å²) in [6.07, 6.45) is 0. The first-order valence-corrected chi connectivity index (χ1v) is 11.1. The van der Waals surface area contributed by atoms with E-state index in [-0.39, 0.29) is 21.8 Å². The molecule has 3 rings (SSSR count). The molecule has 0 aliphatic rings. The second-order valence-corrected chi connectivity index (χ2v) is 8.71. The highest BCUT2D eigenvalue weighted by atomic mass is 32.2. The lowest BCUT2D eigenvalue weighted by Gasteiger charge is -2.14. The van der Waals surface area contributed by atoms with E-state index in [2.05, 4.69) is 10.0 Å². The van der Waals surface area contributed by atoms with Crippen LogP contribution in [-0.4, -0.2) is 26.9 Å². The van der Waals surface area contributed by atoms with Gasteiger partial charge in [0.2, 0.25) is 0 Å². The molecule has 0 bridgehead atoms. The van der Waals surface area contributed by atoms with Crippen LogP contribution in [0.3, 0.4) is 0 Å². The van der Waals surface area contributed by atoms with Crippen LogP contribution in [0.15, 0.2) is 71.6 Å². The quantitative estimate of drug-likeness (QED) is 0.523. The Morgan fingerprint density at radius 1 is 0.969 bits per heavy atom. The van der Waals surface area contributed by atoms with E-state index in [4.69, 9.17) is 4.74 Å². The fourth-order valence-electron chi connectivity index (χ4n) is 2.92. The van der Waals surface area contributed by atoms with E-state index in [1.807, 2.05) is 0 Å². The number of aryl methyl sites for hydroxylation is 2. The Morgan fingerprint density at radius 3 is 2.47 bits per heavy atom. The molecule has 0 unspecified atom stereocenters. The molecular weight excluding hydrogens is 435 g/mol. The van der Waals surface area contributed by atoms with E-state index in [0.717, 1.165) is 11.6 Å². The van der Waals surface area contributed by atoms with Gasteiger partial charge in [-0.25, -0.2) is 17.6 Å². The Hall–Kier alpha value is -3.72. The molecule has 32 heavy (non-hydrogen) atoms. The summed E-state index contributed by atoms with van der Waals surface area (Å²) in [5.41, 5.74) is 1.50. The number of para-hydroxylation sites is 1. The first-order valence-electron chi connectivity index (χ1n) is 9.57. The van der Waals surface area contributed by atoms with E-state index in [1.165, 1.54) is 36.4 Å². The van der Waals surface area contributed by atoms with E-state index >= 15 is 0 Å². The van der Waals surface area contributed by atoms with E-state index < -0.39 is 34.3 Å². The van der Waals surface area contributed by atoms with Gasteiger partial charge in [0.1, 0.15) is 5.82 Å². The van der Waals surface area contributed by atoms with Crippen LogP contribution in [0.4, 0.5) is 15.8 Å². The summed E-state index contributed by atoms with van der Waals surface area (Å²) in [6, 6.07) is 16.2. The highest BCUT2D eigenvalue weighted by Crippen LogP contribution is 2.23. The third-order valence-corrected chi connectivity index (χ3v) is 5.97. The smallest absolute Gasteiger partial charge is 0.340 e. The van der Waals surface area contributed by atoms with Crippen LogP contribution in [0.1, 0.15) is 21.5 Å². The maximum absolute atomic E-state index is 13.2. The summed E-state index contributed by atoms with van der Waals surface area (Å²) in [4.78, 5) is 24.6. The lowest BCUT2D eigenvalue weighted by atomic mass is 10.2. The molecule has 0 radical (unpaired) electrons. The minimum atomic E-state index is -3.97. The molecule has 0 spiro atoms. The number of halogens is 1. The summed E-state index contributed by atoms with van der Waals surface area (Å²) >= 11 is 0. The average molecular weight is 456 g/mol. The Balaban J connectivity index is 1.72. The van der Waals surface area contributed by atoms with Crippen molar-refractivity contribution in [2.45, 2.75) is 18.7 Å². The SMILES string of the molecule is Cc1ccc(C)c(S(=O)(=O)Nc2ccccc2C(=O)OCC(=O)Nc2cccc(F)c2)c1. The lowest BCUT2D eigenvalue weighted by molar-refractivity contribution is -0.119. The minimum Gasteiger partial charge on any atom is -0.452 e. The number of carbonyl (C=O) groups excluding carboxylic acids is 2. The van der Waals surface area contributed by atoms with Crippen molar-refractivity contribution in [3.8, 4) is 0 Å². The van der Waals surface area contributed by atoms with Gasteiger partial charge in [-0.1, -0.05) is 30.3 Å². The van der Waals surface area contributed by atoms with E-state index in [1.54, 1.807) is 38.1 Å². The number of hydrogen-bond acceptors (Lipinski definition) is 5. The molecule has 0 aromatic heterocycles. The minimum absolute atomic E-state index is 0.0175. The van der Waals surface area contributed by atoms with Crippen molar-refractivity contribution < 1.29 is 27.1 Å². The van der Waals surface area contributed by atoms with Crippen LogP contribution in [0.25, 0.3) is 0 Å². The normalized spacial score (nSPS) is 11.0. The molecule has 3 aromatic carbocycles. The summed E-state index contributed by atoms with van der Waals surface area (Å²) in [5.74, 6) is -2.08. The van der Waals surface area contributed by atoms with Crippen LogP contribution < -0.4 is 10.0 Å². The summed E-state index contributed by atoms with van der Waals surface area (Å²) in [6.45, 7) is 2.82. The maximum atomic E-state index is 13.2. The van der Waals surface area contributed by atoms with Gasteiger partial charge in [-0.05, 0) is 61.4 Å². The average Bonchev–Trinajstić information content (AvgIpc) is 2.74. The summed E-state index contributed by atoms with van der Waals surface area (Å²) in [7, 11) is -3.97.